The quantitative estimate of drug-likeness (QED) is 0.675. The maximum absolute atomic E-state index is 9.09. The van der Waals surface area contributed by atoms with E-state index in [1.165, 1.54) is 19.3 Å². The highest BCUT2D eigenvalue weighted by atomic mass is 16.3. The van der Waals surface area contributed by atoms with Crippen LogP contribution >= 0.6 is 0 Å². The van der Waals surface area contributed by atoms with E-state index in [9.17, 15) is 0 Å². The number of aliphatic hydroxyl groups is 1. The molecule has 1 aliphatic carbocycles. The zero-order valence-electron chi connectivity index (χ0n) is 8.59. The van der Waals surface area contributed by atoms with Gasteiger partial charge in [-0.2, -0.15) is 0 Å². The molecule has 0 aromatic heterocycles. The normalized spacial score (nSPS) is 37.2. The molecule has 0 amide bonds. The van der Waals surface area contributed by atoms with Crippen LogP contribution in [0.25, 0.3) is 0 Å². The molecule has 0 saturated heterocycles. The number of rotatable bonds is 2. The minimum absolute atomic E-state index is 0.395. The molecular formula is C11H22O. The SMILES string of the molecule is CC(C)C1CCC(CO)[C@H](C)C1. The lowest BCUT2D eigenvalue weighted by Crippen LogP contribution is -2.27. The van der Waals surface area contributed by atoms with Crippen LogP contribution in [0.3, 0.4) is 0 Å². The average molecular weight is 170 g/mol. The molecule has 1 rings (SSSR count). The van der Waals surface area contributed by atoms with Crippen molar-refractivity contribution in [2.75, 3.05) is 6.61 Å². The van der Waals surface area contributed by atoms with Gasteiger partial charge in [-0.05, 0) is 42.9 Å². The predicted octanol–water partition coefficient (Wildman–Crippen LogP) is 2.69. The van der Waals surface area contributed by atoms with Gasteiger partial charge in [0.05, 0.1) is 0 Å². The van der Waals surface area contributed by atoms with Gasteiger partial charge in [0.2, 0.25) is 0 Å². The molecule has 0 aromatic carbocycles. The van der Waals surface area contributed by atoms with E-state index < -0.39 is 0 Å². The Labute approximate surface area is 76.2 Å². The topological polar surface area (TPSA) is 20.2 Å². The van der Waals surface area contributed by atoms with Crippen LogP contribution in [0.2, 0.25) is 0 Å². The Morgan fingerprint density at radius 1 is 1.33 bits per heavy atom. The van der Waals surface area contributed by atoms with E-state index in [1.807, 2.05) is 0 Å². The van der Waals surface area contributed by atoms with E-state index in [-0.39, 0.29) is 0 Å². The van der Waals surface area contributed by atoms with Crippen molar-refractivity contribution in [3.8, 4) is 0 Å². The standard InChI is InChI=1S/C11H22O/c1-8(2)10-4-5-11(7-12)9(3)6-10/h8-12H,4-7H2,1-3H3/t9-,10?,11?/m1/s1. The summed E-state index contributed by atoms with van der Waals surface area (Å²) in [5.74, 6) is 3.05. The number of hydrogen-bond donors (Lipinski definition) is 1. The highest BCUT2D eigenvalue weighted by Crippen LogP contribution is 2.36. The average Bonchev–Trinajstić information content (AvgIpc) is 2.04. The summed E-state index contributed by atoms with van der Waals surface area (Å²) in [5, 5.41) is 9.09. The van der Waals surface area contributed by atoms with E-state index in [0.29, 0.717) is 12.5 Å². The molecule has 12 heavy (non-hydrogen) atoms. The lowest BCUT2D eigenvalue weighted by molar-refractivity contribution is 0.101. The van der Waals surface area contributed by atoms with E-state index in [0.717, 1.165) is 17.8 Å². The first-order valence-corrected chi connectivity index (χ1v) is 5.26. The highest BCUT2D eigenvalue weighted by Gasteiger charge is 2.28. The fourth-order valence-corrected chi connectivity index (χ4v) is 2.38. The van der Waals surface area contributed by atoms with E-state index in [2.05, 4.69) is 20.8 Å². The van der Waals surface area contributed by atoms with Gasteiger partial charge in [0, 0.05) is 6.61 Å². The Bertz CT molecular complexity index is 131. The van der Waals surface area contributed by atoms with Crippen LogP contribution < -0.4 is 0 Å². The third kappa shape index (κ3) is 2.22. The summed E-state index contributed by atoms with van der Waals surface area (Å²) < 4.78 is 0. The third-order valence-corrected chi connectivity index (χ3v) is 3.56. The summed E-state index contributed by atoms with van der Waals surface area (Å²) in [6.45, 7) is 7.31. The number of hydrogen-bond acceptors (Lipinski definition) is 1. The van der Waals surface area contributed by atoms with Crippen molar-refractivity contribution in [2.24, 2.45) is 23.7 Å². The molecule has 0 heterocycles. The van der Waals surface area contributed by atoms with E-state index in [4.69, 9.17) is 5.11 Å². The van der Waals surface area contributed by atoms with E-state index in [1.54, 1.807) is 0 Å². The lowest BCUT2D eigenvalue weighted by atomic mass is 9.72. The summed E-state index contributed by atoms with van der Waals surface area (Å²) in [6.07, 6.45) is 3.89. The van der Waals surface area contributed by atoms with Gasteiger partial charge in [-0.25, -0.2) is 0 Å². The Kier molecular flexibility index (Phi) is 3.57. The smallest absolute Gasteiger partial charge is 0.0461 e. The molecule has 0 aliphatic heterocycles. The molecule has 3 atom stereocenters. The fourth-order valence-electron chi connectivity index (χ4n) is 2.38. The first-order chi connectivity index (χ1) is 5.65. The molecule has 2 unspecified atom stereocenters. The fraction of sp³-hybridized carbons (Fsp3) is 1.00. The van der Waals surface area contributed by atoms with Crippen LogP contribution in [-0.2, 0) is 0 Å². The Morgan fingerprint density at radius 3 is 2.42 bits per heavy atom. The zero-order chi connectivity index (χ0) is 9.14. The van der Waals surface area contributed by atoms with Gasteiger partial charge in [0.25, 0.3) is 0 Å². The second kappa shape index (κ2) is 4.27. The molecule has 0 radical (unpaired) electrons. The Hall–Kier alpha value is -0.0400. The third-order valence-electron chi connectivity index (χ3n) is 3.56. The second-order valence-electron chi connectivity index (χ2n) is 4.74. The molecule has 0 bridgehead atoms. The van der Waals surface area contributed by atoms with Crippen molar-refractivity contribution >= 4 is 0 Å². The van der Waals surface area contributed by atoms with Crippen molar-refractivity contribution in [1.82, 2.24) is 0 Å². The molecule has 1 N–H and O–H groups in total. The van der Waals surface area contributed by atoms with Crippen molar-refractivity contribution < 1.29 is 5.11 Å². The van der Waals surface area contributed by atoms with Crippen molar-refractivity contribution in [3.63, 3.8) is 0 Å². The largest absolute Gasteiger partial charge is 0.396 e. The summed E-state index contributed by atoms with van der Waals surface area (Å²) in [6, 6.07) is 0. The minimum Gasteiger partial charge on any atom is -0.396 e. The molecule has 1 heteroatoms. The molecule has 0 spiro atoms. The maximum atomic E-state index is 9.09. The molecule has 72 valence electrons. The van der Waals surface area contributed by atoms with Crippen molar-refractivity contribution in [3.05, 3.63) is 0 Å². The van der Waals surface area contributed by atoms with Crippen LogP contribution in [-0.4, -0.2) is 11.7 Å². The molecule has 1 aliphatic rings. The van der Waals surface area contributed by atoms with Crippen LogP contribution in [0, 0.1) is 23.7 Å². The molecule has 1 nitrogen and oxygen atoms in total. The summed E-state index contributed by atoms with van der Waals surface area (Å²) >= 11 is 0. The first-order valence-electron chi connectivity index (χ1n) is 5.26. The minimum atomic E-state index is 0.395. The summed E-state index contributed by atoms with van der Waals surface area (Å²) in [7, 11) is 0. The van der Waals surface area contributed by atoms with Gasteiger partial charge in [-0.1, -0.05) is 20.8 Å². The number of aliphatic hydroxyl groups excluding tert-OH is 1. The van der Waals surface area contributed by atoms with Gasteiger partial charge < -0.3 is 5.11 Å². The first kappa shape index (κ1) is 10.0. The van der Waals surface area contributed by atoms with Gasteiger partial charge in [-0.15, -0.1) is 0 Å². The van der Waals surface area contributed by atoms with Gasteiger partial charge in [0.15, 0.2) is 0 Å². The van der Waals surface area contributed by atoms with Crippen LogP contribution in [0.5, 0.6) is 0 Å². The Morgan fingerprint density at radius 2 is 2.00 bits per heavy atom. The van der Waals surface area contributed by atoms with Gasteiger partial charge in [-0.3, -0.25) is 0 Å². The van der Waals surface area contributed by atoms with Crippen molar-refractivity contribution in [2.45, 2.75) is 40.0 Å². The second-order valence-corrected chi connectivity index (χ2v) is 4.74. The van der Waals surface area contributed by atoms with Crippen LogP contribution in [0.1, 0.15) is 40.0 Å². The highest BCUT2D eigenvalue weighted by molar-refractivity contribution is 4.78. The van der Waals surface area contributed by atoms with E-state index >= 15 is 0 Å². The molecule has 1 fully saturated rings. The molecular weight excluding hydrogens is 148 g/mol. The van der Waals surface area contributed by atoms with Crippen molar-refractivity contribution in [1.29, 1.82) is 0 Å². The zero-order valence-corrected chi connectivity index (χ0v) is 8.59. The van der Waals surface area contributed by atoms with Gasteiger partial charge in [0.1, 0.15) is 0 Å². The Balaban J connectivity index is 2.40. The molecule has 1 saturated carbocycles. The van der Waals surface area contributed by atoms with Crippen LogP contribution in [0.4, 0.5) is 0 Å². The van der Waals surface area contributed by atoms with Gasteiger partial charge >= 0.3 is 0 Å². The molecule has 0 aromatic rings. The lowest BCUT2D eigenvalue weighted by Gasteiger charge is -2.35. The summed E-state index contributed by atoms with van der Waals surface area (Å²) in [5.41, 5.74) is 0. The monoisotopic (exact) mass is 170 g/mol. The predicted molar refractivity (Wildman–Crippen MR) is 51.9 cm³/mol. The maximum Gasteiger partial charge on any atom is 0.0461 e. The van der Waals surface area contributed by atoms with Crippen LogP contribution in [0.15, 0.2) is 0 Å². The summed E-state index contributed by atoms with van der Waals surface area (Å²) in [4.78, 5) is 0.